The van der Waals surface area contributed by atoms with Crippen LogP contribution in [0.25, 0.3) is 0 Å². The van der Waals surface area contributed by atoms with Crippen molar-refractivity contribution < 1.29 is 24.0 Å². The summed E-state index contributed by atoms with van der Waals surface area (Å²) in [6.45, 7) is 1.40. The molecule has 6 nitrogen and oxygen atoms in total. The normalized spacial score (nSPS) is 11.1. The molecule has 96 valence electrons. The van der Waals surface area contributed by atoms with Gasteiger partial charge in [0.25, 0.3) is 5.69 Å². The summed E-state index contributed by atoms with van der Waals surface area (Å²) in [5.74, 6) is -2.16. The number of halogens is 1. The molecule has 0 unspecified atom stereocenters. The van der Waals surface area contributed by atoms with Crippen molar-refractivity contribution in [2.75, 3.05) is 6.61 Å². The highest BCUT2D eigenvalue weighted by atomic mass is 19.1. The molecule has 0 heterocycles. The number of nitro groups is 1. The minimum atomic E-state index is -1.12. The number of benzene rings is 1. The molecule has 0 spiro atoms. The standard InChI is InChI=1S/C11H10FNO5/c1-7(4-11(14)15)6-18-10-3-2-8(13(16)17)5-9(10)12/h2-5H,6H2,1H3,(H,14,15)/b7-4+. The average Bonchev–Trinajstić information content (AvgIpc) is 2.26. The second-order valence-corrected chi connectivity index (χ2v) is 3.49. The van der Waals surface area contributed by atoms with Crippen LogP contribution in [0.1, 0.15) is 6.92 Å². The van der Waals surface area contributed by atoms with Crippen LogP contribution in [-0.4, -0.2) is 22.6 Å². The zero-order chi connectivity index (χ0) is 13.7. The Labute approximate surface area is 101 Å². The zero-order valence-corrected chi connectivity index (χ0v) is 9.42. The number of nitrogens with zero attached hydrogens (tertiary/aromatic N) is 1. The first-order chi connectivity index (χ1) is 8.40. The molecule has 1 N–H and O–H groups in total. The van der Waals surface area contributed by atoms with Crippen molar-refractivity contribution in [3.63, 3.8) is 0 Å². The molecule has 1 aromatic rings. The summed E-state index contributed by atoms with van der Waals surface area (Å²) in [4.78, 5) is 20.0. The van der Waals surface area contributed by atoms with Crippen molar-refractivity contribution in [1.82, 2.24) is 0 Å². The van der Waals surface area contributed by atoms with Crippen LogP contribution in [0.4, 0.5) is 10.1 Å². The fraction of sp³-hybridized carbons (Fsp3) is 0.182. The minimum absolute atomic E-state index is 0.110. The van der Waals surface area contributed by atoms with E-state index in [1.54, 1.807) is 0 Å². The van der Waals surface area contributed by atoms with Crippen molar-refractivity contribution in [3.8, 4) is 5.75 Å². The molecule has 0 aliphatic rings. The Balaban J connectivity index is 2.75. The summed E-state index contributed by atoms with van der Waals surface area (Å²) in [6.07, 6.45) is 0.934. The highest BCUT2D eigenvalue weighted by Crippen LogP contribution is 2.22. The first kappa shape index (κ1) is 13.6. The lowest BCUT2D eigenvalue weighted by molar-refractivity contribution is -0.385. The lowest BCUT2D eigenvalue weighted by atomic mass is 10.3. The summed E-state index contributed by atoms with van der Waals surface area (Å²) in [5.41, 5.74) is 0.0119. The smallest absolute Gasteiger partial charge is 0.328 e. The number of aliphatic carboxylic acids is 1. The summed E-state index contributed by atoms with van der Waals surface area (Å²) >= 11 is 0. The summed E-state index contributed by atoms with van der Waals surface area (Å²) in [5, 5.41) is 18.8. The van der Waals surface area contributed by atoms with E-state index < -0.39 is 16.7 Å². The monoisotopic (exact) mass is 255 g/mol. The SMILES string of the molecule is C/C(=C\C(=O)O)COc1ccc([N+](=O)[O-])cc1F. The van der Waals surface area contributed by atoms with Crippen LogP contribution in [0.3, 0.4) is 0 Å². The molecule has 1 aromatic carbocycles. The molecule has 0 radical (unpaired) electrons. The Morgan fingerprint density at radius 1 is 1.61 bits per heavy atom. The fourth-order valence-corrected chi connectivity index (χ4v) is 1.16. The number of nitro benzene ring substituents is 1. The van der Waals surface area contributed by atoms with Crippen LogP contribution < -0.4 is 4.74 Å². The first-order valence-electron chi connectivity index (χ1n) is 4.87. The number of ether oxygens (including phenoxy) is 1. The van der Waals surface area contributed by atoms with E-state index in [0.29, 0.717) is 5.57 Å². The van der Waals surface area contributed by atoms with Crippen molar-refractivity contribution in [1.29, 1.82) is 0 Å². The van der Waals surface area contributed by atoms with Gasteiger partial charge in [-0.15, -0.1) is 0 Å². The number of rotatable bonds is 5. The molecular formula is C11H10FNO5. The van der Waals surface area contributed by atoms with E-state index in [9.17, 15) is 19.3 Å². The van der Waals surface area contributed by atoms with Crippen LogP contribution in [0.2, 0.25) is 0 Å². The van der Waals surface area contributed by atoms with Gasteiger partial charge in [-0.2, -0.15) is 0 Å². The maximum Gasteiger partial charge on any atom is 0.328 e. The predicted molar refractivity (Wildman–Crippen MR) is 59.9 cm³/mol. The van der Waals surface area contributed by atoms with Gasteiger partial charge in [0.05, 0.1) is 11.0 Å². The van der Waals surface area contributed by atoms with Crippen molar-refractivity contribution in [3.05, 3.63) is 45.8 Å². The van der Waals surface area contributed by atoms with Crippen LogP contribution in [-0.2, 0) is 4.79 Å². The summed E-state index contributed by atoms with van der Waals surface area (Å²) in [7, 11) is 0. The molecule has 0 bridgehead atoms. The average molecular weight is 255 g/mol. The maximum atomic E-state index is 13.4. The Bertz CT molecular complexity index is 512. The van der Waals surface area contributed by atoms with E-state index in [0.717, 1.165) is 24.3 Å². The summed E-state index contributed by atoms with van der Waals surface area (Å²) in [6, 6.07) is 2.97. The number of hydrogen-bond acceptors (Lipinski definition) is 4. The van der Waals surface area contributed by atoms with E-state index in [1.165, 1.54) is 6.92 Å². The van der Waals surface area contributed by atoms with E-state index >= 15 is 0 Å². The molecule has 0 aromatic heterocycles. The van der Waals surface area contributed by atoms with Crippen molar-refractivity contribution in [2.45, 2.75) is 6.92 Å². The van der Waals surface area contributed by atoms with E-state index in [2.05, 4.69) is 0 Å². The Kier molecular flexibility index (Phi) is 4.36. The third-order valence-electron chi connectivity index (χ3n) is 1.95. The van der Waals surface area contributed by atoms with Gasteiger partial charge in [-0.25, -0.2) is 9.18 Å². The second kappa shape index (κ2) is 5.76. The van der Waals surface area contributed by atoms with E-state index in [1.807, 2.05) is 0 Å². The predicted octanol–water partition coefficient (Wildman–Crippen LogP) is 2.14. The quantitative estimate of drug-likeness (QED) is 0.494. The number of non-ortho nitro benzene ring substituents is 1. The van der Waals surface area contributed by atoms with Gasteiger partial charge in [-0.3, -0.25) is 10.1 Å². The molecule has 0 atom stereocenters. The van der Waals surface area contributed by atoms with E-state index in [-0.39, 0.29) is 18.0 Å². The maximum absolute atomic E-state index is 13.4. The molecule has 0 aliphatic heterocycles. The number of hydrogen-bond donors (Lipinski definition) is 1. The Morgan fingerprint density at radius 2 is 2.28 bits per heavy atom. The van der Waals surface area contributed by atoms with Gasteiger partial charge in [0, 0.05) is 12.1 Å². The third-order valence-corrected chi connectivity index (χ3v) is 1.95. The molecule has 0 saturated heterocycles. The van der Waals surface area contributed by atoms with Gasteiger partial charge in [-0.1, -0.05) is 0 Å². The minimum Gasteiger partial charge on any atom is -0.486 e. The van der Waals surface area contributed by atoms with E-state index in [4.69, 9.17) is 9.84 Å². The number of carboxylic acid groups (broad SMARTS) is 1. The lowest BCUT2D eigenvalue weighted by Crippen LogP contribution is -2.03. The zero-order valence-electron chi connectivity index (χ0n) is 9.42. The lowest BCUT2D eigenvalue weighted by Gasteiger charge is -2.06. The van der Waals surface area contributed by atoms with Gasteiger partial charge in [0.15, 0.2) is 11.6 Å². The first-order valence-corrected chi connectivity index (χ1v) is 4.87. The highest BCUT2D eigenvalue weighted by Gasteiger charge is 2.11. The molecule has 0 saturated carbocycles. The largest absolute Gasteiger partial charge is 0.486 e. The third kappa shape index (κ3) is 3.85. The van der Waals surface area contributed by atoms with Crippen LogP contribution in [0, 0.1) is 15.9 Å². The van der Waals surface area contributed by atoms with Gasteiger partial charge in [-0.05, 0) is 18.6 Å². The number of carboxylic acids is 1. The van der Waals surface area contributed by atoms with Crippen LogP contribution >= 0.6 is 0 Å². The Hall–Kier alpha value is -2.44. The highest BCUT2D eigenvalue weighted by molar-refractivity contribution is 5.80. The van der Waals surface area contributed by atoms with Crippen LogP contribution in [0.15, 0.2) is 29.8 Å². The molecule has 0 amide bonds. The van der Waals surface area contributed by atoms with Gasteiger partial charge in [0.1, 0.15) is 6.61 Å². The number of carbonyl (C=O) groups is 1. The molecule has 0 fully saturated rings. The van der Waals surface area contributed by atoms with Gasteiger partial charge < -0.3 is 9.84 Å². The van der Waals surface area contributed by atoms with Crippen molar-refractivity contribution in [2.24, 2.45) is 0 Å². The topological polar surface area (TPSA) is 89.7 Å². The molecule has 1 rings (SSSR count). The second-order valence-electron chi connectivity index (χ2n) is 3.49. The van der Waals surface area contributed by atoms with Crippen LogP contribution in [0.5, 0.6) is 5.75 Å². The Morgan fingerprint density at radius 3 is 2.78 bits per heavy atom. The van der Waals surface area contributed by atoms with Gasteiger partial charge in [0.2, 0.25) is 0 Å². The molecule has 0 aliphatic carbocycles. The summed E-state index contributed by atoms with van der Waals surface area (Å²) < 4.78 is 18.4. The molecular weight excluding hydrogens is 245 g/mol. The molecule has 7 heteroatoms. The van der Waals surface area contributed by atoms with Gasteiger partial charge >= 0.3 is 5.97 Å². The van der Waals surface area contributed by atoms with Crippen molar-refractivity contribution >= 4 is 11.7 Å². The fourth-order valence-electron chi connectivity index (χ4n) is 1.16. The molecule has 18 heavy (non-hydrogen) atoms.